The predicted octanol–water partition coefficient (Wildman–Crippen LogP) is 2.59. The molecule has 0 atom stereocenters. The summed E-state index contributed by atoms with van der Waals surface area (Å²) >= 11 is 0. The SMILES string of the molecule is CC(C)(N)CCC(=O)Cc1ccc(F)cc1F. The third-order valence-electron chi connectivity index (χ3n) is 2.45. The van der Waals surface area contributed by atoms with Gasteiger partial charge in [0.1, 0.15) is 17.4 Å². The number of hydrogen-bond acceptors (Lipinski definition) is 2. The first-order valence-electron chi connectivity index (χ1n) is 5.52. The van der Waals surface area contributed by atoms with E-state index in [1.807, 2.05) is 13.8 Å². The summed E-state index contributed by atoms with van der Waals surface area (Å²) in [6.07, 6.45) is 0.844. The van der Waals surface area contributed by atoms with E-state index in [-0.39, 0.29) is 17.8 Å². The molecule has 0 aliphatic heterocycles. The molecule has 0 fully saturated rings. The molecule has 94 valence electrons. The Hall–Kier alpha value is -1.29. The molecule has 1 aromatic rings. The molecular formula is C13H17F2NO. The van der Waals surface area contributed by atoms with Crippen molar-refractivity contribution in [2.24, 2.45) is 5.73 Å². The van der Waals surface area contributed by atoms with Crippen LogP contribution >= 0.6 is 0 Å². The zero-order valence-corrected chi connectivity index (χ0v) is 10.1. The van der Waals surface area contributed by atoms with Crippen LogP contribution in [0.1, 0.15) is 32.3 Å². The topological polar surface area (TPSA) is 43.1 Å². The largest absolute Gasteiger partial charge is 0.326 e. The second-order valence-corrected chi connectivity index (χ2v) is 4.94. The second kappa shape index (κ2) is 5.36. The third kappa shape index (κ3) is 5.04. The van der Waals surface area contributed by atoms with E-state index in [9.17, 15) is 13.6 Å². The summed E-state index contributed by atoms with van der Waals surface area (Å²) < 4.78 is 25.9. The molecule has 0 saturated heterocycles. The van der Waals surface area contributed by atoms with Crippen molar-refractivity contribution in [1.29, 1.82) is 0 Å². The minimum Gasteiger partial charge on any atom is -0.326 e. The normalized spacial score (nSPS) is 11.6. The van der Waals surface area contributed by atoms with Gasteiger partial charge in [0.25, 0.3) is 0 Å². The molecule has 0 aliphatic rings. The second-order valence-electron chi connectivity index (χ2n) is 4.94. The van der Waals surface area contributed by atoms with Gasteiger partial charge < -0.3 is 5.73 Å². The number of carbonyl (C=O) groups is 1. The highest BCUT2D eigenvalue weighted by atomic mass is 19.1. The molecule has 0 aliphatic carbocycles. The van der Waals surface area contributed by atoms with E-state index < -0.39 is 17.2 Å². The van der Waals surface area contributed by atoms with Crippen LogP contribution in [0.4, 0.5) is 8.78 Å². The number of benzene rings is 1. The summed E-state index contributed by atoms with van der Waals surface area (Å²) in [5.74, 6) is -1.40. The number of halogens is 2. The van der Waals surface area contributed by atoms with Crippen molar-refractivity contribution in [3.8, 4) is 0 Å². The quantitative estimate of drug-likeness (QED) is 0.861. The van der Waals surface area contributed by atoms with Crippen LogP contribution in [0.2, 0.25) is 0 Å². The van der Waals surface area contributed by atoms with Gasteiger partial charge in [-0.2, -0.15) is 0 Å². The molecule has 0 spiro atoms. The van der Waals surface area contributed by atoms with Crippen LogP contribution in [0.5, 0.6) is 0 Å². The average Bonchev–Trinajstić information content (AvgIpc) is 2.18. The number of ketones is 1. The minimum absolute atomic E-state index is 0.0117. The molecule has 2 nitrogen and oxygen atoms in total. The Morgan fingerprint density at radius 1 is 1.35 bits per heavy atom. The lowest BCUT2D eigenvalue weighted by molar-refractivity contribution is -0.118. The van der Waals surface area contributed by atoms with E-state index >= 15 is 0 Å². The predicted molar refractivity (Wildman–Crippen MR) is 62.6 cm³/mol. The number of Topliss-reactive ketones (excluding diaryl/α,β-unsaturated/α-hetero) is 1. The molecular weight excluding hydrogens is 224 g/mol. The Kier molecular flexibility index (Phi) is 4.34. The van der Waals surface area contributed by atoms with E-state index in [0.717, 1.165) is 12.1 Å². The number of nitrogens with two attached hydrogens (primary N) is 1. The lowest BCUT2D eigenvalue weighted by Gasteiger charge is -2.17. The van der Waals surface area contributed by atoms with Gasteiger partial charge in [0.05, 0.1) is 0 Å². The molecule has 0 unspecified atom stereocenters. The molecule has 0 saturated carbocycles. The number of carbonyl (C=O) groups excluding carboxylic acids is 1. The first-order valence-corrected chi connectivity index (χ1v) is 5.52. The first kappa shape index (κ1) is 13.8. The molecule has 0 aromatic heterocycles. The summed E-state index contributed by atoms with van der Waals surface area (Å²) in [5, 5.41) is 0. The molecule has 1 aromatic carbocycles. The summed E-state index contributed by atoms with van der Waals surface area (Å²) in [6.45, 7) is 3.66. The van der Waals surface area contributed by atoms with Gasteiger partial charge in [0.2, 0.25) is 0 Å². The molecule has 0 amide bonds. The Balaban J connectivity index is 2.57. The molecule has 17 heavy (non-hydrogen) atoms. The van der Waals surface area contributed by atoms with Crippen molar-refractivity contribution >= 4 is 5.78 Å². The van der Waals surface area contributed by atoms with Crippen molar-refractivity contribution in [3.05, 3.63) is 35.4 Å². The van der Waals surface area contributed by atoms with E-state index in [1.165, 1.54) is 6.07 Å². The Morgan fingerprint density at radius 3 is 2.53 bits per heavy atom. The fourth-order valence-electron chi connectivity index (χ4n) is 1.43. The van der Waals surface area contributed by atoms with Crippen LogP contribution < -0.4 is 5.73 Å². The smallest absolute Gasteiger partial charge is 0.137 e. The van der Waals surface area contributed by atoms with E-state index in [2.05, 4.69) is 0 Å². The highest BCUT2D eigenvalue weighted by Gasteiger charge is 2.14. The fraction of sp³-hybridized carbons (Fsp3) is 0.462. The number of rotatable bonds is 5. The van der Waals surface area contributed by atoms with Crippen LogP contribution in [0.3, 0.4) is 0 Å². The van der Waals surface area contributed by atoms with Crippen LogP contribution in [0.15, 0.2) is 18.2 Å². The van der Waals surface area contributed by atoms with E-state index in [0.29, 0.717) is 12.8 Å². The van der Waals surface area contributed by atoms with Crippen molar-refractivity contribution < 1.29 is 13.6 Å². The monoisotopic (exact) mass is 241 g/mol. The molecule has 1 rings (SSSR count). The number of hydrogen-bond donors (Lipinski definition) is 1. The van der Waals surface area contributed by atoms with E-state index in [1.54, 1.807) is 0 Å². The van der Waals surface area contributed by atoms with E-state index in [4.69, 9.17) is 5.73 Å². The zero-order valence-electron chi connectivity index (χ0n) is 10.1. The van der Waals surface area contributed by atoms with Gasteiger partial charge in [0, 0.05) is 24.4 Å². The van der Waals surface area contributed by atoms with Gasteiger partial charge >= 0.3 is 0 Å². The van der Waals surface area contributed by atoms with Crippen molar-refractivity contribution in [3.63, 3.8) is 0 Å². The minimum atomic E-state index is -0.676. The Labute approximate surface area is 99.8 Å². The zero-order chi connectivity index (χ0) is 13.1. The maximum absolute atomic E-state index is 13.3. The van der Waals surface area contributed by atoms with Gasteiger partial charge in [-0.25, -0.2) is 8.78 Å². The summed E-state index contributed by atoms with van der Waals surface area (Å²) in [7, 11) is 0. The van der Waals surface area contributed by atoms with Gasteiger partial charge in [-0.1, -0.05) is 6.07 Å². The molecule has 4 heteroatoms. The van der Waals surface area contributed by atoms with Crippen LogP contribution in [0.25, 0.3) is 0 Å². The van der Waals surface area contributed by atoms with Gasteiger partial charge in [0.15, 0.2) is 0 Å². The van der Waals surface area contributed by atoms with Crippen LogP contribution in [-0.4, -0.2) is 11.3 Å². The fourth-order valence-corrected chi connectivity index (χ4v) is 1.43. The maximum Gasteiger partial charge on any atom is 0.137 e. The van der Waals surface area contributed by atoms with Crippen molar-refractivity contribution in [2.45, 2.75) is 38.6 Å². The summed E-state index contributed by atoms with van der Waals surface area (Å²) in [6, 6.07) is 3.24. The average molecular weight is 241 g/mol. The molecule has 0 heterocycles. The Morgan fingerprint density at radius 2 is 2.00 bits per heavy atom. The first-order chi connectivity index (χ1) is 7.78. The Bertz CT molecular complexity index is 410. The molecule has 0 radical (unpaired) electrons. The lowest BCUT2D eigenvalue weighted by atomic mass is 9.96. The van der Waals surface area contributed by atoms with Crippen LogP contribution in [-0.2, 0) is 11.2 Å². The lowest BCUT2D eigenvalue weighted by Crippen LogP contribution is -2.32. The molecule has 2 N–H and O–H groups in total. The summed E-state index contributed by atoms with van der Waals surface area (Å²) in [4.78, 5) is 11.6. The molecule has 0 bridgehead atoms. The van der Waals surface area contributed by atoms with Crippen LogP contribution in [0, 0.1) is 11.6 Å². The standard InChI is InChI=1S/C13H17F2NO/c1-13(2,16)6-5-11(17)7-9-3-4-10(14)8-12(9)15/h3-4,8H,5-7,16H2,1-2H3. The highest BCUT2D eigenvalue weighted by Crippen LogP contribution is 2.13. The maximum atomic E-state index is 13.3. The van der Waals surface area contributed by atoms with Gasteiger partial charge in [-0.3, -0.25) is 4.79 Å². The summed E-state index contributed by atoms with van der Waals surface area (Å²) in [5.41, 5.74) is 5.57. The van der Waals surface area contributed by atoms with Gasteiger partial charge in [-0.05, 0) is 31.9 Å². The van der Waals surface area contributed by atoms with Gasteiger partial charge in [-0.15, -0.1) is 0 Å². The highest BCUT2D eigenvalue weighted by molar-refractivity contribution is 5.80. The van der Waals surface area contributed by atoms with Crippen molar-refractivity contribution in [1.82, 2.24) is 0 Å². The van der Waals surface area contributed by atoms with Crippen molar-refractivity contribution in [2.75, 3.05) is 0 Å². The third-order valence-corrected chi connectivity index (χ3v) is 2.45.